The van der Waals surface area contributed by atoms with Crippen LogP contribution in [0.4, 0.5) is 4.39 Å². The number of nitrogens with one attached hydrogen (secondary N) is 1. The van der Waals surface area contributed by atoms with E-state index in [9.17, 15) is 9.18 Å². The first-order valence-electron chi connectivity index (χ1n) is 9.02. The Labute approximate surface area is 153 Å². The fourth-order valence-electron chi connectivity index (χ4n) is 3.08. The summed E-state index contributed by atoms with van der Waals surface area (Å²) in [6.07, 6.45) is 3.84. The van der Waals surface area contributed by atoms with Crippen LogP contribution < -0.4 is 5.32 Å². The van der Waals surface area contributed by atoms with Crippen LogP contribution in [-0.4, -0.2) is 18.5 Å². The normalized spacial score (nSPS) is 16.7. The highest BCUT2D eigenvalue weighted by molar-refractivity contribution is 6.04. The molecular weight excluding hydrogens is 331 g/mol. The number of benzene rings is 2. The molecule has 5 heteroatoms. The number of aryl methyl sites for hydroxylation is 1. The van der Waals surface area contributed by atoms with Gasteiger partial charge in [-0.25, -0.2) is 9.38 Å². The zero-order chi connectivity index (χ0) is 18.4. The minimum Gasteiger partial charge on any atom is -0.465 e. The summed E-state index contributed by atoms with van der Waals surface area (Å²) in [5, 5.41) is 2.73. The van der Waals surface area contributed by atoms with E-state index < -0.39 is 0 Å². The molecule has 1 aliphatic rings. The number of hydrogen-bond donors (Lipinski definition) is 1. The van der Waals surface area contributed by atoms with Crippen LogP contribution in [0.3, 0.4) is 0 Å². The standard InChI is InChI=1S/C21H23FN2O2/c1-2-14-26-21(24-20(25)16-10-12-17(22)13-11-16)23-19-9-5-7-15-6-3-4-8-18(15)19/h3-4,6,8,10-13,19H,2,5,7,9,14H2,1H3,(H,23,24,25)/t19-/m0/s1. The van der Waals surface area contributed by atoms with Gasteiger partial charge in [-0.1, -0.05) is 31.2 Å². The second kappa shape index (κ2) is 8.61. The van der Waals surface area contributed by atoms with Crippen LogP contribution in [-0.2, 0) is 11.2 Å². The van der Waals surface area contributed by atoms with Gasteiger partial charge in [0.05, 0.1) is 12.6 Å². The number of rotatable bonds is 4. The van der Waals surface area contributed by atoms with Gasteiger partial charge >= 0.3 is 0 Å². The molecule has 0 saturated carbocycles. The molecular formula is C21H23FN2O2. The van der Waals surface area contributed by atoms with Gasteiger partial charge in [0.1, 0.15) is 5.82 Å². The van der Waals surface area contributed by atoms with Crippen molar-refractivity contribution in [2.75, 3.05) is 6.61 Å². The van der Waals surface area contributed by atoms with Crippen LogP contribution >= 0.6 is 0 Å². The monoisotopic (exact) mass is 354 g/mol. The van der Waals surface area contributed by atoms with Gasteiger partial charge in [-0.2, -0.15) is 0 Å². The lowest BCUT2D eigenvalue weighted by atomic mass is 9.88. The van der Waals surface area contributed by atoms with Gasteiger partial charge in [-0.15, -0.1) is 0 Å². The lowest BCUT2D eigenvalue weighted by Crippen LogP contribution is -2.33. The Bertz CT molecular complexity index is 787. The minimum atomic E-state index is -0.378. The summed E-state index contributed by atoms with van der Waals surface area (Å²) in [6.45, 7) is 2.46. The van der Waals surface area contributed by atoms with Gasteiger partial charge in [0.2, 0.25) is 0 Å². The van der Waals surface area contributed by atoms with Gasteiger partial charge in [0.25, 0.3) is 11.9 Å². The van der Waals surface area contributed by atoms with Crippen molar-refractivity contribution in [1.29, 1.82) is 0 Å². The summed E-state index contributed by atoms with van der Waals surface area (Å²) in [5.41, 5.74) is 2.85. The highest BCUT2D eigenvalue weighted by Crippen LogP contribution is 2.32. The van der Waals surface area contributed by atoms with Crippen molar-refractivity contribution in [3.63, 3.8) is 0 Å². The second-order valence-corrected chi connectivity index (χ2v) is 6.35. The molecule has 1 aliphatic carbocycles. The van der Waals surface area contributed by atoms with E-state index in [2.05, 4.69) is 22.4 Å². The number of amidine groups is 1. The Morgan fingerprint density at radius 1 is 1.23 bits per heavy atom. The number of nitrogens with zero attached hydrogens (tertiary/aromatic N) is 1. The lowest BCUT2D eigenvalue weighted by Gasteiger charge is -2.23. The molecule has 4 nitrogen and oxygen atoms in total. The van der Waals surface area contributed by atoms with Crippen LogP contribution in [0.15, 0.2) is 53.5 Å². The Morgan fingerprint density at radius 3 is 2.77 bits per heavy atom. The number of carbonyl (C=O) groups excluding carboxylic acids is 1. The number of fused-ring (bicyclic) bond motifs is 1. The van der Waals surface area contributed by atoms with Gasteiger partial charge in [-0.3, -0.25) is 10.1 Å². The van der Waals surface area contributed by atoms with Crippen LogP contribution in [0, 0.1) is 5.82 Å². The van der Waals surface area contributed by atoms with E-state index >= 15 is 0 Å². The van der Waals surface area contributed by atoms with E-state index in [0.29, 0.717) is 12.2 Å². The number of carbonyl (C=O) groups is 1. The highest BCUT2D eigenvalue weighted by Gasteiger charge is 2.21. The Morgan fingerprint density at radius 2 is 2.00 bits per heavy atom. The summed E-state index contributed by atoms with van der Waals surface area (Å²) >= 11 is 0. The average Bonchev–Trinajstić information content (AvgIpc) is 2.67. The van der Waals surface area contributed by atoms with Crippen LogP contribution in [0.2, 0.25) is 0 Å². The summed E-state index contributed by atoms with van der Waals surface area (Å²) in [4.78, 5) is 17.1. The third-order valence-electron chi connectivity index (χ3n) is 4.38. The van der Waals surface area contributed by atoms with Crippen molar-refractivity contribution in [2.24, 2.45) is 4.99 Å². The summed E-state index contributed by atoms with van der Waals surface area (Å²) in [6, 6.07) is 13.9. The largest absolute Gasteiger partial charge is 0.465 e. The predicted octanol–water partition coefficient (Wildman–Crippen LogP) is 4.42. The Hall–Kier alpha value is -2.69. The fraction of sp³-hybridized carbons (Fsp3) is 0.333. The maximum atomic E-state index is 13.0. The first-order valence-corrected chi connectivity index (χ1v) is 9.02. The van der Waals surface area contributed by atoms with Gasteiger partial charge in [0, 0.05) is 5.56 Å². The van der Waals surface area contributed by atoms with Crippen molar-refractivity contribution in [2.45, 2.75) is 38.6 Å². The van der Waals surface area contributed by atoms with E-state index in [1.165, 1.54) is 35.4 Å². The van der Waals surface area contributed by atoms with Gasteiger partial charge < -0.3 is 4.74 Å². The van der Waals surface area contributed by atoms with Crippen molar-refractivity contribution < 1.29 is 13.9 Å². The van der Waals surface area contributed by atoms with Gasteiger partial charge in [-0.05, 0) is 61.1 Å². The number of aliphatic imine (C=N–C) groups is 1. The van der Waals surface area contributed by atoms with E-state index in [1.807, 2.05) is 19.1 Å². The topological polar surface area (TPSA) is 50.7 Å². The van der Waals surface area contributed by atoms with Crippen molar-refractivity contribution in [3.8, 4) is 0 Å². The number of hydrogen-bond acceptors (Lipinski definition) is 3. The third kappa shape index (κ3) is 4.48. The molecule has 1 amide bonds. The number of amides is 1. The first-order chi connectivity index (χ1) is 12.7. The molecule has 2 aromatic carbocycles. The molecule has 0 fully saturated rings. The molecule has 136 valence electrons. The van der Waals surface area contributed by atoms with Crippen molar-refractivity contribution in [1.82, 2.24) is 5.32 Å². The van der Waals surface area contributed by atoms with Gasteiger partial charge in [0.15, 0.2) is 0 Å². The van der Waals surface area contributed by atoms with Crippen LogP contribution in [0.1, 0.15) is 53.7 Å². The molecule has 1 atom stereocenters. The summed E-state index contributed by atoms with van der Waals surface area (Å²) in [5.74, 6) is -0.736. The van der Waals surface area contributed by atoms with Crippen molar-refractivity contribution >= 4 is 11.9 Å². The fourth-order valence-corrected chi connectivity index (χ4v) is 3.08. The molecule has 0 unspecified atom stereocenters. The minimum absolute atomic E-state index is 0.0275. The molecule has 0 heterocycles. The molecule has 1 N–H and O–H groups in total. The summed E-state index contributed by atoms with van der Waals surface area (Å²) in [7, 11) is 0. The maximum Gasteiger partial charge on any atom is 0.292 e. The molecule has 0 aliphatic heterocycles. The van der Waals surface area contributed by atoms with E-state index in [4.69, 9.17) is 4.74 Å². The molecule has 3 rings (SSSR count). The zero-order valence-corrected chi connectivity index (χ0v) is 14.9. The second-order valence-electron chi connectivity index (χ2n) is 6.35. The Balaban J connectivity index is 1.80. The number of ether oxygens (including phenoxy) is 1. The van der Waals surface area contributed by atoms with Crippen molar-refractivity contribution in [3.05, 3.63) is 71.0 Å². The third-order valence-corrected chi connectivity index (χ3v) is 4.38. The average molecular weight is 354 g/mol. The molecule has 0 radical (unpaired) electrons. The van der Waals surface area contributed by atoms with E-state index in [-0.39, 0.29) is 23.8 Å². The highest BCUT2D eigenvalue weighted by atomic mass is 19.1. The molecule has 0 bridgehead atoms. The molecule has 2 aromatic rings. The Kier molecular flexibility index (Phi) is 6.00. The SMILES string of the molecule is CCCOC(=N[C@H]1CCCc2ccccc21)NC(=O)c1ccc(F)cc1. The quantitative estimate of drug-likeness (QED) is 0.653. The lowest BCUT2D eigenvalue weighted by molar-refractivity contribution is 0.0965. The van der Waals surface area contributed by atoms with Crippen LogP contribution in [0.5, 0.6) is 0 Å². The van der Waals surface area contributed by atoms with E-state index in [1.54, 1.807) is 0 Å². The van der Waals surface area contributed by atoms with E-state index in [0.717, 1.165) is 25.7 Å². The first kappa shape index (κ1) is 18.1. The molecule has 0 aromatic heterocycles. The predicted molar refractivity (Wildman–Crippen MR) is 99.7 cm³/mol. The van der Waals surface area contributed by atoms with Crippen LogP contribution in [0.25, 0.3) is 0 Å². The number of halogens is 1. The molecule has 0 spiro atoms. The zero-order valence-electron chi connectivity index (χ0n) is 14.9. The smallest absolute Gasteiger partial charge is 0.292 e. The summed E-state index contributed by atoms with van der Waals surface area (Å²) < 4.78 is 18.7. The molecule has 0 saturated heterocycles. The maximum absolute atomic E-state index is 13.0. The molecule has 26 heavy (non-hydrogen) atoms.